The molecule has 0 spiro atoms. The smallest absolute Gasteiger partial charge is 0.394 e. The standard InChI is InChI=1S/C12H11NO5/c1-12(2)17-9-6(10(14)18-12)4-5-7-8(9)13-11(15-3)16-7/h4-5H,1-3H3. The van der Waals surface area contributed by atoms with E-state index in [-0.39, 0.29) is 6.08 Å². The highest BCUT2D eigenvalue weighted by atomic mass is 16.7. The number of carbonyl (C=O) groups excluding carboxylic acids is 1. The van der Waals surface area contributed by atoms with Gasteiger partial charge >= 0.3 is 12.0 Å². The Kier molecular flexibility index (Phi) is 2.04. The van der Waals surface area contributed by atoms with Gasteiger partial charge in [-0.3, -0.25) is 0 Å². The predicted octanol–water partition coefficient (Wildman–Crippen LogP) is 2.12. The maximum absolute atomic E-state index is 11.8. The fraction of sp³-hybridized carbons (Fsp3) is 0.333. The van der Waals surface area contributed by atoms with E-state index in [0.29, 0.717) is 22.4 Å². The topological polar surface area (TPSA) is 70.8 Å². The molecule has 0 aliphatic carbocycles. The van der Waals surface area contributed by atoms with Gasteiger partial charge < -0.3 is 18.6 Å². The van der Waals surface area contributed by atoms with Crippen molar-refractivity contribution in [2.75, 3.05) is 7.11 Å². The van der Waals surface area contributed by atoms with Crippen LogP contribution < -0.4 is 9.47 Å². The first-order valence-electron chi connectivity index (χ1n) is 5.40. The van der Waals surface area contributed by atoms with Crippen molar-refractivity contribution in [3.05, 3.63) is 17.7 Å². The van der Waals surface area contributed by atoms with Gasteiger partial charge in [0.15, 0.2) is 16.8 Å². The van der Waals surface area contributed by atoms with Crippen LogP contribution in [-0.4, -0.2) is 23.9 Å². The summed E-state index contributed by atoms with van der Waals surface area (Å²) in [4.78, 5) is 16.0. The normalized spacial score (nSPS) is 16.9. The first-order valence-corrected chi connectivity index (χ1v) is 5.40. The van der Waals surface area contributed by atoms with Crippen LogP contribution in [0.4, 0.5) is 0 Å². The molecule has 6 nitrogen and oxygen atoms in total. The lowest BCUT2D eigenvalue weighted by Crippen LogP contribution is -2.38. The minimum absolute atomic E-state index is 0.124. The molecule has 3 rings (SSSR count). The number of esters is 1. The van der Waals surface area contributed by atoms with Gasteiger partial charge in [0.1, 0.15) is 5.56 Å². The first-order chi connectivity index (χ1) is 8.50. The zero-order chi connectivity index (χ0) is 12.9. The SMILES string of the molecule is COc1nc2c3c(ccc2o1)C(=O)OC(C)(C)O3. The molecule has 0 fully saturated rings. The summed E-state index contributed by atoms with van der Waals surface area (Å²) in [5, 5.41) is 0. The van der Waals surface area contributed by atoms with Gasteiger partial charge in [0.2, 0.25) is 5.79 Å². The molecule has 0 saturated heterocycles. The van der Waals surface area contributed by atoms with Gasteiger partial charge in [-0.1, -0.05) is 0 Å². The average molecular weight is 249 g/mol. The van der Waals surface area contributed by atoms with E-state index in [2.05, 4.69) is 4.98 Å². The summed E-state index contributed by atoms with van der Waals surface area (Å²) in [6, 6.07) is 3.21. The van der Waals surface area contributed by atoms with E-state index in [1.165, 1.54) is 7.11 Å². The van der Waals surface area contributed by atoms with E-state index in [9.17, 15) is 4.79 Å². The number of nitrogens with zero attached hydrogens (tertiary/aromatic N) is 1. The summed E-state index contributed by atoms with van der Waals surface area (Å²) in [5.74, 6) is -1.10. The van der Waals surface area contributed by atoms with E-state index in [1.807, 2.05) is 0 Å². The largest absolute Gasteiger partial charge is 0.453 e. The maximum Gasteiger partial charge on any atom is 0.394 e. The van der Waals surface area contributed by atoms with Crippen LogP contribution in [-0.2, 0) is 4.74 Å². The number of ether oxygens (including phenoxy) is 3. The number of carbonyl (C=O) groups is 1. The van der Waals surface area contributed by atoms with Crippen LogP contribution in [0.2, 0.25) is 0 Å². The number of oxazole rings is 1. The van der Waals surface area contributed by atoms with E-state index >= 15 is 0 Å². The molecule has 1 aliphatic rings. The molecule has 2 aromatic rings. The van der Waals surface area contributed by atoms with Crippen LogP contribution in [0.5, 0.6) is 11.8 Å². The van der Waals surface area contributed by atoms with Crippen molar-refractivity contribution in [3.63, 3.8) is 0 Å². The Bertz CT molecular complexity index is 643. The van der Waals surface area contributed by atoms with Crippen molar-refractivity contribution in [1.82, 2.24) is 4.98 Å². The predicted molar refractivity (Wildman–Crippen MR) is 60.7 cm³/mol. The molecule has 0 saturated carbocycles. The monoisotopic (exact) mass is 249 g/mol. The molecular weight excluding hydrogens is 238 g/mol. The Labute approximate surface area is 102 Å². The van der Waals surface area contributed by atoms with Gasteiger partial charge in [-0.05, 0) is 12.1 Å². The second-order valence-corrected chi connectivity index (χ2v) is 4.36. The number of rotatable bonds is 1. The molecule has 1 aliphatic heterocycles. The molecule has 0 radical (unpaired) electrons. The average Bonchev–Trinajstić information content (AvgIpc) is 2.70. The summed E-state index contributed by atoms with van der Waals surface area (Å²) in [5.41, 5.74) is 1.28. The van der Waals surface area contributed by atoms with Crippen LogP contribution in [0, 0.1) is 0 Å². The highest BCUT2D eigenvalue weighted by Crippen LogP contribution is 2.38. The molecule has 0 atom stereocenters. The first kappa shape index (κ1) is 10.9. The fourth-order valence-electron chi connectivity index (χ4n) is 1.85. The van der Waals surface area contributed by atoms with Gasteiger partial charge in [-0.15, -0.1) is 0 Å². The maximum atomic E-state index is 11.8. The van der Waals surface area contributed by atoms with E-state index in [0.717, 1.165) is 0 Å². The zero-order valence-electron chi connectivity index (χ0n) is 10.1. The molecular formula is C12H11NO5. The van der Waals surface area contributed by atoms with Gasteiger partial charge in [0.25, 0.3) is 0 Å². The van der Waals surface area contributed by atoms with Crippen LogP contribution in [0.15, 0.2) is 16.5 Å². The second kappa shape index (κ2) is 3.38. The molecule has 1 aromatic heterocycles. The molecule has 0 unspecified atom stereocenters. The summed E-state index contributed by atoms with van der Waals surface area (Å²) >= 11 is 0. The van der Waals surface area contributed by atoms with E-state index in [4.69, 9.17) is 18.6 Å². The minimum Gasteiger partial charge on any atom is -0.453 e. The van der Waals surface area contributed by atoms with Crippen LogP contribution in [0.1, 0.15) is 24.2 Å². The lowest BCUT2D eigenvalue weighted by atomic mass is 10.1. The van der Waals surface area contributed by atoms with Gasteiger partial charge in [0, 0.05) is 13.8 Å². The lowest BCUT2D eigenvalue weighted by Gasteiger charge is -2.31. The Balaban J connectivity index is 2.27. The van der Waals surface area contributed by atoms with Crippen LogP contribution in [0.25, 0.3) is 11.1 Å². The summed E-state index contributed by atoms with van der Waals surface area (Å²) in [6.45, 7) is 3.31. The molecule has 0 amide bonds. The van der Waals surface area contributed by atoms with Crippen molar-refractivity contribution in [2.45, 2.75) is 19.6 Å². The Morgan fingerprint density at radius 2 is 2.06 bits per heavy atom. The third kappa shape index (κ3) is 1.49. The van der Waals surface area contributed by atoms with Gasteiger partial charge in [-0.25, -0.2) is 4.79 Å². The minimum atomic E-state index is -1.02. The number of methoxy groups -OCH3 is 1. The molecule has 1 aromatic carbocycles. The molecule has 2 heterocycles. The van der Waals surface area contributed by atoms with Crippen LogP contribution in [0.3, 0.4) is 0 Å². The molecule has 6 heteroatoms. The van der Waals surface area contributed by atoms with E-state index in [1.54, 1.807) is 26.0 Å². The summed E-state index contributed by atoms with van der Waals surface area (Å²) < 4.78 is 21.0. The Morgan fingerprint density at radius 1 is 1.28 bits per heavy atom. The van der Waals surface area contributed by atoms with Crippen molar-refractivity contribution in [3.8, 4) is 11.8 Å². The molecule has 0 bridgehead atoms. The Hall–Kier alpha value is -2.24. The molecule has 0 N–H and O–H groups in total. The summed E-state index contributed by atoms with van der Waals surface area (Å²) in [7, 11) is 1.45. The fourth-order valence-corrected chi connectivity index (χ4v) is 1.85. The van der Waals surface area contributed by atoms with Crippen molar-refractivity contribution < 1.29 is 23.4 Å². The highest BCUT2D eigenvalue weighted by Gasteiger charge is 2.36. The Morgan fingerprint density at radius 3 is 2.78 bits per heavy atom. The number of hydrogen-bond donors (Lipinski definition) is 0. The van der Waals surface area contributed by atoms with Crippen molar-refractivity contribution in [1.29, 1.82) is 0 Å². The van der Waals surface area contributed by atoms with Crippen molar-refractivity contribution in [2.24, 2.45) is 0 Å². The van der Waals surface area contributed by atoms with Gasteiger partial charge in [0.05, 0.1) is 7.11 Å². The molecule has 18 heavy (non-hydrogen) atoms. The van der Waals surface area contributed by atoms with Crippen molar-refractivity contribution >= 4 is 17.1 Å². The quantitative estimate of drug-likeness (QED) is 0.721. The second-order valence-electron chi connectivity index (χ2n) is 4.36. The lowest BCUT2D eigenvalue weighted by molar-refractivity contribution is -0.126. The number of hydrogen-bond acceptors (Lipinski definition) is 6. The number of benzene rings is 1. The number of cyclic esters (lactones) is 1. The van der Waals surface area contributed by atoms with Crippen LogP contribution >= 0.6 is 0 Å². The van der Waals surface area contributed by atoms with E-state index < -0.39 is 11.8 Å². The third-order valence-corrected chi connectivity index (χ3v) is 2.58. The van der Waals surface area contributed by atoms with Gasteiger partial charge in [-0.2, -0.15) is 4.98 Å². The zero-order valence-corrected chi connectivity index (χ0v) is 10.1. The highest BCUT2D eigenvalue weighted by molar-refractivity contribution is 5.99. The third-order valence-electron chi connectivity index (χ3n) is 2.58. The summed E-state index contributed by atoms with van der Waals surface area (Å²) in [6.07, 6.45) is 0.124. The molecule has 94 valence electrons. The number of fused-ring (bicyclic) bond motifs is 3. The number of aromatic nitrogens is 1.